The van der Waals surface area contributed by atoms with E-state index in [1.807, 2.05) is 27.7 Å². The van der Waals surface area contributed by atoms with E-state index in [1.54, 1.807) is 13.0 Å². The van der Waals surface area contributed by atoms with Gasteiger partial charge >= 0.3 is 5.97 Å². The van der Waals surface area contributed by atoms with Crippen molar-refractivity contribution in [1.29, 1.82) is 0 Å². The number of esters is 1. The van der Waals surface area contributed by atoms with Gasteiger partial charge in [-0.2, -0.15) is 0 Å². The van der Waals surface area contributed by atoms with Crippen LogP contribution in [0.2, 0.25) is 10.0 Å². The Morgan fingerprint density at radius 1 is 1.17 bits per heavy atom. The van der Waals surface area contributed by atoms with Gasteiger partial charge in [-0.1, -0.05) is 50.9 Å². The van der Waals surface area contributed by atoms with Crippen molar-refractivity contribution in [3.8, 4) is 0 Å². The fourth-order valence-electron chi connectivity index (χ4n) is 1.84. The van der Waals surface area contributed by atoms with Gasteiger partial charge in [0.1, 0.15) is 0 Å². The molecule has 7 heteroatoms. The standard InChI is InChI=1S/C13H13Cl2NO4.2C2H6/c1-2-19-12(18)13(3-4-20-13)11(17)16-10-6-8(14)5-9(15)7-10;2*1-2/h5-7H,2-4H2,1H3,(H,16,17);2*1-2H3. The lowest BCUT2D eigenvalue weighted by Gasteiger charge is -2.37. The molecule has 136 valence electrons. The summed E-state index contributed by atoms with van der Waals surface area (Å²) in [5.41, 5.74) is -1.17. The Morgan fingerprint density at radius 2 is 1.67 bits per heavy atom. The van der Waals surface area contributed by atoms with E-state index in [4.69, 9.17) is 32.7 Å². The summed E-state index contributed by atoms with van der Waals surface area (Å²) in [6.07, 6.45) is 0.284. The third-order valence-corrected chi connectivity index (χ3v) is 3.33. The molecule has 1 heterocycles. The Bertz CT molecular complexity index is 525. The molecular weight excluding hydrogens is 353 g/mol. The Balaban J connectivity index is 0.00000123. The maximum Gasteiger partial charge on any atom is 0.348 e. The van der Waals surface area contributed by atoms with Crippen molar-refractivity contribution in [2.24, 2.45) is 0 Å². The third kappa shape index (κ3) is 5.65. The first kappa shape index (κ1) is 22.7. The summed E-state index contributed by atoms with van der Waals surface area (Å²) in [5, 5.41) is 3.34. The minimum Gasteiger partial charge on any atom is -0.463 e. The van der Waals surface area contributed by atoms with Gasteiger partial charge in [-0.25, -0.2) is 4.79 Å². The number of benzene rings is 1. The smallest absolute Gasteiger partial charge is 0.348 e. The van der Waals surface area contributed by atoms with Crippen LogP contribution in [0, 0.1) is 0 Å². The number of nitrogens with one attached hydrogen (secondary N) is 1. The van der Waals surface area contributed by atoms with Crippen LogP contribution < -0.4 is 5.32 Å². The van der Waals surface area contributed by atoms with Gasteiger partial charge in [-0.3, -0.25) is 4.79 Å². The zero-order chi connectivity index (χ0) is 18.8. The fourth-order valence-corrected chi connectivity index (χ4v) is 2.37. The summed E-state index contributed by atoms with van der Waals surface area (Å²) >= 11 is 11.7. The summed E-state index contributed by atoms with van der Waals surface area (Å²) in [7, 11) is 0. The molecule has 0 aliphatic carbocycles. The van der Waals surface area contributed by atoms with E-state index in [9.17, 15) is 9.59 Å². The maximum absolute atomic E-state index is 12.2. The molecule has 1 aliphatic heterocycles. The largest absolute Gasteiger partial charge is 0.463 e. The average molecular weight is 378 g/mol. The number of amides is 1. The number of anilines is 1. The highest BCUT2D eigenvalue weighted by Crippen LogP contribution is 2.31. The first-order valence-electron chi connectivity index (χ1n) is 8.06. The van der Waals surface area contributed by atoms with E-state index in [0.29, 0.717) is 22.3 Å². The van der Waals surface area contributed by atoms with Crippen molar-refractivity contribution < 1.29 is 19.1 Å². The van der Waals surface area contributed by atoms with E-state index < -0.39 is 17.5 Å². The molecule has 1 amide bonds. The summed E-state index contributed by atoms with van der Waals surface area (Å²) in [6.45, 7) is 10.2. The normalized spacial score (nSPS) is 18.0. The zero-order valence-electron chi connectivity index (χ0n) is 14.7. The van der Waals surface area contributed by atoms with Crippen molar-refractivity contribution in [1.82, 2.24) is 0 Å². The lowest BCUT2D eigenvalue weighted by molar-refractivity contribution is -0.199. The molecule has 5 nitrogen and oxygen atoms in total. The third-order valence-electron chi connectivity index (χ3n) is 2.89. The van der Waals surface area contributed by atoms with Crippen LogP contribution in [0.15, 0.2) is 18.2 Å². The summed E-state index contributed by atoms with van der Waals surface area (Å²) in [4.78, 5) is 24.1. The highest BCUT2D eigenvalue weighted by molar-refractivity contribution is 6.35. The Kier molecular flexibility index (Phi) is 10.7. The molecule has 1 saturated heterocycles. The molecule has 0 spiro atoms. The molecule has 1 aliphatic rings. The molecule has 2 rings (SSSR count). The van der Waals surface area contributed by atoms with E-state index in [2.05, 4.69) is 5.32 Å². The van der Waals surface area contributed by atoms with Gasteiger partial charge in [0.15, 0.2) is 0 Å². The Labute approximate surface area is 153 Å². The number of carbonyl (C=O) groups excluding carboxylic acids is 2. The molecule has 0 saturated carbocycles. The first-order chi connectivity index (χ1) is 11.5. The topological polar surface area (TPSA) is 64.6 Å². The predicted octanol–water partition coefficient (Wildman–Crippen LogP) is 4.71. The SMILES string of the molecule is CC.CC.CCOC(=O)C1(C(=O)Nc2cc(Cl)cc(Cl)c2)CCO1. The van der Waals surface area contributed by atoms with E-state index in [0.717, 1.165) is 0 Å². The predicted molar refractivity (Wildman–Crippen MR) is 97.7 cm³/mol. The first-order valence-corrected chi connectivity index (χ1v) is 8.82. The van der Waals surface area contributed by atoms with Gasteiger partial charge in [0.25, 0.3) is 5.91 Å². The van der Waals surface area contributed by atoms with E-state index >= 15 is 0 Å². The van der Waals surface area contributed by atoms with Crippen LogP contribution in [0.25, 0.3) is 0 Å². The quantitative estimate of drug-likeness (QED) is 0.609. The fraction of sp³-hybridized carbons (Fsp3) is 0.529. The van der Waals surface area contributed by atoms with Crippen molar-refractivity contribution in [2.45, 2.75) is 46.6 Å². The van der Waals surface area contributed by atoms with Crippen molar-refractivity contribution >= 4 is 40.8 Å². The molecule has 1 unspecified atom stereocenters. The summed E-state index contributed by atoms with van der Waals surface area (Å²) in [6, 6.07) is 4.60. The van der Waals surface area contributed by atoms with Crippen LogP contribution in [0.5, 0.6) is 0 Å². The van der Waals surface area contributed by atoms with Crippen molar-refractivity contribution in [3.63, 3.8) is 0 Å². The summed E-state index contributed by atoms with van der Waals surface area (Å²) < 4.78 is 10.1. The molecule has 1 fully saturated rings. The monoisotopic (exact) mass is 377 g/mol. The number of ether oxygens (including phenoxy) is 2. The second-order valence-corrected chi connectivity index (χ2v) is 5.13. The van der Waals surface area contributed by atoms with Gasteiger partial charge in [0.2, 0.25) is 5.60 Å². The number of rotatable bonds is 4. The number of carbonyl (C=O) groups is 2. The molecule has 1 atom stereocenters. The Morgan fingerprint density at radius 3 is 2.04 bits per heavy atom. The van der Waals surface area contributed by atoms with Crippen LogP contribution in [0.3, 0.4) is 0 Å². The van der Waals surface area contributed by atoms with Gasteiger partial charge in [-0.15, -0.1) is 0 Å². The lowest BCUT2D eigenvalue weighted by atomic mass is 9.93. The highest BCUT2D eigenvalue weighted by Gasteiger charge is 2.54. The molecule has 1 aromatic carbocycles. The molecule has 1 N–H and O–H groups in total. The van der Waals surface area contributed by atoms with Gasteiger partial charge in [0, 0.05) is 22.2 Å². The maximum atomic E-state index is 12.2. The Hall–Kier alpha value is -1.30. The number of hydrogen-bond donors (Lipinski definition) is 1. The molecule has 24 heavy (non-hydrogen) atoms. The van der Waals surface area contributed by atoms with Crippen LogP contribution in [0.4, 0.5) is 5.69 Å². The molecule has 0 radical (unpaired) electrons. The van der Waals surface area contributed by atoms with Crippen LogP contribution in [0.1, 0.15) is 41.0 Å². The van der Waals surface area contributed by atoms with Gasteiger partial charge in [-0.05, 0) is 25.1 Å². The van der Waals surface area contributed by atoms with Crippen LogP contribution in [-0.2, 0) is 19.1 Å². The van der Waals surface area contributed by atoms with Crippen LogP contribution in [-0.4, -0.2) is 30.7 Å². The average Bonchev–Trinajstić information content (AvgIpc) is 2.49. The van der Waals surface area contributed by atoms with E-state index in [1.165, 1.54) is 12.1 Å². The van der Waals surface area contributed by atoms with Gasteiger partial charge in [0.05, 0.1) is 13.2 Å². The second-order valence-electron chi connectivity index (χ2n) is 4.26. The molecule has 0 aromatic heterocycles. The number of hydrogen-bond acceptors (Lipinski definition) is 4. The zero-order valence-corrected chi connectivity index (χ0v) is 16.3. The van der Waals surface area contributed by atoms with Gasteiger partial charge < -0.3 is 14.8 Å². The highest BCUT2D eigenvalue weighted by atomic mass is 35.5. The van der Waals surface area contributed by atoms with Crippen LogP contribution >= 0.6 is 23.2 Å². The van der Waals surface area contributed by atoms with Crippen molar-refractivity contribution in [2.75, 3.05) is 18.5 Å². The minimum absolute atomic E-state index is 0.181. The second kappa shape index (κ2) is 11.3. The summed E-state index contributed by atoms with van der Waals surface area (Å²) in [5.74, 6) is -1.27. The molecule has 1 aromatic rings. The van der Waals surface area contributed by atoms with E-state index in [-0.39, 0.29) is 13.0 Å². The minimum atomic E-state index is -1.56. The molecule has 0 bridgehead atoms. The molecular formula is C17H25Cl2NO4. The lowest BCUT2D eigenvalue weighted by Crippen LogP contribution is -2.59. The number of halogens is 2. The van der Waals surface area contributed by atoms with Crippen molar-refractivity contribution in [3.05, 3.63) is 28.2 Å².